The van der Waals surface area contributed by atoms with Crippen molar-refractivity contribution in [3.8, 4) is 11.4 Å². The van der Waals surface area contributed by atoms with Gasteiger partial charge in [-0.05, 0) is 37.3 Å². The van der Waals surface area contributed by atoms with Gasteiger partial charge in [0.1, 0.15) is 5.65 Å². The molecule has 1 N–H and O–H groups in total. The number of carbonyl (C=O) groups excluding carboxylic acids is 1. The van der Waals surface area contributed by atoms with Crippen LogP contribution < -0.4 is 5.32 Å². The Bertz CT molecular complexity index is 1020. The molecular formula is C17H13N5O2. The van der Waals surface area contributed by atoms with Crippen LogP contribution in [0.15, 0.2) is 59.5 Å². The molecular weight excluding hydrogens is 306 g/mol. The van der Waals surface area contributed by atoms with E-state index in [9.17, 15) is 4.79 Å². The van der Waals surface area contributed by atoms with Gasteiger partial charge in [0.2, 0.25) is 5.95 Å². The number of imidazole rings is 1. The molecule has 0 bridgehead atoms. The van der Waals surface area contributed by atoms with Crippen LogP contribution in [0.2, 0.25) is 0 Å². The molecule has 0 aliphatic carbocycles. The molecule has 0 aromatic carbocycles. The van der Waals surface area contributed by atoms with E-state index in [2.05, 4.69) is 20.3 Å². The van der Waals surface area contributed by atoms with E-state index in [4.69, 9.17) is 4.42 Å². The first-order valence-electron chi connectivity index (χ1n) is 7.34. The first-order chi connectivity index (χ1) is 11.7. The van der Waals surface area contributed by atoms with Crippen LogP contribution in [0.1, 0.15) is 16.2 Å². The molecule has 7 heteroatoms. The molecule has 0 atom stereocenters. The Morgan fingerprint density at radius 3 is 2.92 bits per heavy atom. The van der Waals surface area contributed by atoms with Crippen molar-refractivity contribution in [2.24, 2.45) is 0 Å². The summed E-state index contributed by atoms with van der Waals surface area (Å²) in [5, 5.41) is 2.63. The van der Waals surface area contributed by atoms with Gasteiger partial charge in [-0.25, -0.2) is 15.0 Å². The van der Waals surface area contributed by atoms with Crippen molar-refractivity contribution in [1.29, 1.82) is 0 Å². The first kappa shape index (κ1) is 14.1. The largest absolute Gasteiger partial charge is 0.459 e. The van der Waals surface area contributed by atoms with Gasteiger partial charge in [0.15, 0.2) is 5.76 Å². The molecule has 0 unspecified atom stereocenters. The summed E-state index contributed by atoms with van der Waals surface area (Å²) in [6.45, 7) is 1.92. The van der Waals surface area contributed by atoms with Crippen molar-refractivity contribution in [3.05, 3.63) is 66.5 Å². The number of hydrogen-bond acceptors (Lipinski definition) is 5. The molecule has 7 nitrogen and oxygen atoms in total. The lowest BCUT2D eigenvalue weighted by atomic mass is 10.2. The maximum absolute atomic E-state index is 12.0. The number of nitrogens with zero attached hydrogens (tertiary/aromatic N) is 4. The van der Waals surface area contributed by atoms with Crippen LogP contribution in [-0.4, -0.2) is 25.3 Å². The zero-order valence-corrected chi connectivity index (χ0v) is 12.8. The van der Waals surface area contributed by atoms with Crippen LogP contribution in [0.4, 0.5) is 5.95 Å². The summed E-state index contributed by atoms with van der Waals surface area (Å²) in [7, 11) is 0. The third-order valence-electron chi connectivity index (χ3n) is 3.57. The number of carbonyl (C=O) groups is 1. The zero-order valence-electron chi connectivity index (χ0n) is 12.8. The quantitative estimate of drug-likeness (QED) is 0.627. The monoisotopic (exact) mass is 319 g/mol. The topological polar surface area (TPSA) is 85.3 Å². The van der Waals surface area contributed by atoms with E-state index >= 15 is 0 Å². The Morgan fingerprint density at radius 2 is 2.08 bits per heavy atom. The maximum atomic E-state index is 12.0. The molecule has 0 saturated carbocycles. The minimum atomic E-state index is -0.396. The van der Waals surface area contributed by atoms with Crippen molar-refractivity contribution in [2.45, 2.75) is 6.92 Å². The van der Waals surface area contributed by atoms with Crippen LogP contribution in [0.5, 0.6) is 0 Å². The van der Waals surface area contributed by atoms with Crippen molar-refractivity contribution in [2.75, 3.05) is 5.32 Å². The number of aryl methyl sites for hydroxylation is 1. The van der Waals surface area contributed by atoms with Crippen LogP contribution in [-0.2, 0) is 0 Å². The molecule has 0 spiro atoms. The lowest BCUT2D eigenvalue weighted by Crippen LogP contribution is -2.13. The third kappa shape index (κ3) is 2.41. The second kappa shape index (κ2) is 5.62. The number of aromatic nitrogens is 4. The molecule has 0 saturated heterocycles. The van der Waals surface area contributed by atoms with Gasteiger partial charge in [-0.3, -0.25) is 14.5 Å². The van der Waals surface area contributed by atoms with Gasteiger partial charge in [-0.2, -0.15) is 0 Å². The SMILES string of the molecule is Cc1nc2ccccn2c1-c1ccnc(NC(=O)c2ccco2)n1. The highest BCUT2D eigenvalue weighted by Gasteiger charge is 2.14. The minimum absolute atomic E-state index is 0.204. The van der Waals surface area contributed by atoms with Gasteiger partial charge in [-0.15, -0.1) is 0 Å². The second-order valence-electron chi connectivity index (χ2n) is 5.17. The lowest BCUT2D eigenvalue weighted by molar-refractivity contribution is 0.0996. The highest BCUT2D eigenvalue weighted by Crippen LogP contribution is 2.23. The van der Waals surface area contributed by atoms with Crippen LogP contribution in [0, 0.1) is 6.92 Å². The van der Waals surface area contributed by atoms with Crippen molar-refractivity contribution in [3.63, 3.8) is 0 Å². The molecule has 4 aromatic heterocycles. The summed E-state index contributed by atoms with van der Waals surface area (Å²) >= 11 is 0. The zero-order chi connectivity index (χ0) is 16.5. The summed E-state index contributed by atoms with van der Waals surface area (Å²) in [6, 6.07) is 10.8. The van der Waals surface area contributed by atoms with E-state index < -0.39 is 5.91 Å². The van der Waals surface area contributed by atoms with Crippen molar-refractivity contribution < 1.29 is 9.21 Å². The summed E-state index contributed by atoms with van der Waals surface area (Å²) in [5.41, 5.74) is 3.23. The molecule has 4 heterocycles. The Morgan fingerprint density at radius 1 is 1.17 bits per heavy atom. The summed E-state index contributed by atoms with van der Waals surface area (Å²) < 4.78 is 7.02. The van der Waals surface area contributed by atoms with Gasteiger partial charge < -0.3 is 4.42 Å². The summed E-state index contributed by atoms with van der Waals surface area (Å²) in [6.07, 6.45) is 4.96. The average Bonchev–Trinajstić information content (AvgIpc) is 3.22. The Kier molecular flexibility index (Phi) is 3.31. The fourth-order valence-corrected chi connectivity index (χ4v) is 2.54. The van der Waals surface area contributed by atoms with Crippen molar-refractivity contribution in [1.82, 2.24) is 19.4 Å². The predicted molar refractivity (Wildman–Crippen MR) is 87.6 cm³/mol. The Balaban J connectivity index is 1.72. The van der Waals surface area contributed by atoms with Crippen LogP contribution in [0.3, 0.4) is 0 Å². The molecule has 4 aromatic rings. The number of furan rings is 1. The van der Waals surface area contributed by atoms with E-state index in [1.807, 2.05) is 35.7 Å². The highest BCUT2D eigenvalue weighted by atomic mass is 16.3. The Hall–Kier alpha value is -3.48. The average molecular weight is 319 g/mol. The third-order valence-corrected chi connectivity index (χ3v) is 3.57. The predicted octanol–water partition coefficient (Wildman–Crippen LogP) is 2.95. The lowest BCUT2D eigenvalue weighted by Gasteiger charge is -2.05. The van der Waals surface area contributed by atoms with Gasteiger partial charge >= 0.3 is 0 Å². The molecule has 4 rings (SSSR count). The Labute approximate surface area is 137 Å². The fourth-order valence-electron chi connectivity index (χ4n) is 2.54. The van der Waals surface area contributed by atoms with E-state index in [1.165, 1.54) is 6.26 Å². The van der Waals surface area contributed by atoms with Gasteiger partial charge in [0.25, 0.3) is 5.91 Å². The molecule has 0 aliphatic rings. The molecule has 118 valence electrons. The van der Waals surface area contributed by atoms with Crippen LogP contribution >= 0.6 is 0 Å². The number of hydrogen-bond donors (Lipinski definition) is 1. The number of amides is 1. The second-order valence-corrected chi connectivity index (χ2v) is 5.17. The minimum Gasteiger partial charge on any atom is -0.459 e. The number of rotatable bonds is 3. The van der Waals surface area contributed by atoms with E-state index in [0.717, 1.165) is 17.0 Å². The van der Waals surface area contributed by atoms with Crippen LogP contribution in [0.25, 0.3) is 17.0 Å². The van der Waals surface area contributed by atoms with E-state index in [0.29, 0.717) is 5.69 Å². The number of pyridine rings is 1. The molecule has 0 radical (unpaired) electrons. The number of fused-ring (bicyclic) bond motifs is 1. The van der Waals surface area contributed by atoms with E-state index in [1.54, 1.807) is 24.4 Å². The fraction of sp³-hybridized carbons (Fsp3) is 0.0588. The van der Waals surface area contributed by atoms with Gasteiger partial charge in [0, 0.05) is 12.4 Å². The van der Waals surface area contributed by atoms with Crippen molar-refractivity contribution >= 4 is 17.5 Å². The molecule has 1 amide bonds. The maximum Gasteiger partial charge on any atom is 0.293 e. The number of anilines is 1. The normalized spacial score (nSPS) is 10.9. The van der Waals surface area contributed by atoms with Gasteiger partial charge in [-0.1, -0.05) is 6.07 Å². The van der Waals surface area contributed by atoms with Gasteiger partial charge in [0.05, 0.1) is 23.3 Å². The molecule has 0 aliphatic heterocycles. The molecule has 24 heavy (non-hydrogen) atoms. The summed E-state index contributed by atoms with van der Waals surface area (Å²) in [5.74, 6) is 0.0150. The smallest absolute Gasteiger partial charge is 0.293 e. The number of nitrogens with one attached hydrogen (secondary N) is 1. The van der Waals surface area contributed by atoms with E-state index in [-0.39, 0.29) is 11.7 Å². The molecule has 0 fully saturated rings. The first-order valence-corrected chi connectivity index (χ1v) is 7.34. The standard InChI is InChI=1S/C17H13N5O2/c1-11-15(22-9-3-2-6-14(22)19-11)12-7-8-18-17(20-12)21-16(23)13-5-4-10-24-13/h2-10H,1H3,(H,18,20,21,23). The summed E-state index contributed by atoms with van der Waals surface area (Å²) in [4.78, 5) is 25.1. The highest BCUT2D eigenvalue weighted by molar-refractivity contribution is 6.01.